The lowest BCUT2D eigenvalue weighted by molar-refractivity contribution is 0.0510. The largest absolute Gasteiger partial charge is 0.444 e. The van der Waals surface area contributed by atoms with Gasteiger partial charge in [0.05, 0.1) is 0 Å². The van der Waals surface area contributed by atoms with Crippen molar-refractivity contribution in [2.45, 2.75) is 32.0 Å². The second kappa shape index (κ2) is 4.66. The molecule has 5 nitrogen and oxygen atoms in total. The van der Waals surface area contributed by atoms with Crippen molar-refractivity contribution in [1.82, 2.24) is 15.6 Å². The van der Waals surface area contributed by atoms with Crippen molar-refractivity contribution in [3.63, 3.8) is 0 Å². The number of hydrogen-bond donors (Lipinski definition) is 2. The number of nitrogens with one attached hydrogen (secondary N) is 2. The van der Waals surface area contributed by atoms with E-state index in [1.54, 1.807) is 12.4 Å². The molecule has 1 aliphatic heterocycles. The monoisotopic (exact) mass is 261 g/mol. The van der Waals surface area contributed by atoms with E-state index >= 15 is 0 Å². The Bertz CT molecular complexity index is 487. The minimum Gasteiger partial charge on any atom is -0.444 e. The van der Waals surface area contributed by atoms with Crippen LogP contribution < -0.4 is 10.6 Å². The molecule has 5 heteroatoms. The molecule has 0 spiro atoms. The van der Waals surface area contributed by atoms with Crippen LogP contribution in [0.25, 0.3) is 5.57 Å². The molecular weight excluding hydrogens is 242 g/mol. The summed E-state index contributed by atoms with van der Waals surface area (Å²) in [5.41, 5.74) is 0.638. The highest BCUT2D eigenvalue weighted by molar-refractivity contribution is 5.80. The van der Waals surface area contributed by atoms with E-state index in [1.807, 2.05) is 32.9 Å². The summed E-state index contributed by atoms with van der Waals surface area (Å²) in [5.74, 6) is 0. The summed E-state index contributed by atoms with van der Waals surface area (Å²) in [6.45, 7) is 10.2. The van der Waals surface area contributed by atoms with Gasteiger partial charge in [-0.25, -0.2) is 4.79 Å². The third-order valence-corrected chi connectivity index (χ3v) is 2.79. The van der Waals surface area contributed by atoms with E-state index in [9.17, 15) is 4.79 Å². The Kier molecular flexibility index (Phi) is 3.32. The Morgan fingerprint density at radius 2 is 2.05 bits per heavy atom. The molecule has 0 aromatic carbocycles. The summed E-state index contributed by atoms with van der Waals surface area (Å²) in [5, 5.41) is 5.96. The maximum absolute atomic E-state index is 11.8. The molecule has 0 saturated carbocycles. The zero-order chi connectivity index (χ0) is 14.1. The van der Waals surface area contributed by atoms with E-state index in [-0.39, 0.29) is 0 Å². The number of carbonyl (C=O) groups is 1. The predicted octanol–water partition coefficient (Wildman–Crippen LogP) is 1.92. The lowest BCUT2D eigenvalue weighted by atomic mass is 10.0. The molecule has 0 bridgehead atoms. The molecule has 1 fully saturated rings. The van der Waals surface area contributed by atoms with Gasteiger partial charge in [-0.05, 0) is 44.0 Å². The van der Waals surface area contributed by atoms with Crippen LogP contribution in [0.4, 0.5) is 4.79 Å². The van der Waals surface area contributed by atoms with Crippen LogP contribution in [0.1, 0.15) is 26.3 Å². The van der Waals surface area contributed by atoms with Gasteiger partial charge in [0.15, 0.2) is 0 Å². The minimum atomic E-state index is -0.594. The molecule has 1 amide bonds. The van der Waals surface area contributed by atoms with Crippen molar-refractivity contribution in [2.24, 2.45) is 0 Å². The second-order valence-electron chi connectivity index (χ2n) is 5.60. The number of nitrogens with zero attached hydrogens (tertiary/aromatic N) is 1. The second-order valence-corrected chi connectivity index (χ2v) is 5.60. The van der Waals surface area contributed by atoms with Crippen molar-refractivity contribution in [3.8, 4) is 0 Å². The van der Waals surface area contributed by atoms with Gasteiger partial charge in [0.2, 0.25) is 0 Å². The van der Waals surface area contributed by atoms with Crippen molar-refractivity contribution >= 4 is 11.7 Å². The Labute approximate surface area is 113 Å². The number of rotatable bonds is 3. The maximum Gasteiger partial charge on any atom is 0.409 e. The summed E-state index contributed by atoms with van der Waals surface area (Å²) >= 11 is 0. The van der Waals surface area contributed by atoms with Crippen molar-refractivity contribution in [1.29, 1.82) is 0 Å². The Balaban J connectivity index is 2.04. The van der Waals surface area contributed by atoms with Gasteiger partial charge < -0.3 is 4.74 Å². The summed E-state index contributed by atoms with van der Waals surface area (Å²) in [7, 11) is 0. The molecule has 2 rings (SSSR count). The summed E-state index contributed by atoms with van der Waals surface area (Å²) in [6.07, 6.45) is 2.95. The molecular formula is C14H19N3O2. The van der Waals surface area contributed by atoms with E-state index in [1.165, 1.54) is 0 Å². The van der Waals surface area contributed by atoms with Crippen LogP contribution in [-0.2, 0) is 4.74 Å². The van der Waals surface area contributed by atoms with Crippen molar-refractivity contribution in [3.05, 3.63) is 36.7 Å². The highest BCUT2D eigenvalue weighted by Gasteiger charge is 2.47. The van der Waals surface area contributed by atoms with Gasteiger partial charge in [0.25, 0.3) is 0 Å². The van der Waals surface area contributed by atoms with Gasteiger partial charge in [-0.3, -0.25) is 15.6 Å². The first-order valence-corrected chi connectivity index (χ1v) is 6.18. The van der Waals surface area contributed by atoms with Gasteiger partial charge in [-0.15, -0.1) is 0 Å². The average molecular weight is 261 g/mol. The Hall–Kier alpha value is -1.88. The van der Waals surface area contributed by atoms with Crippen LogP contribution in [0.3, 0.4) is 0 Å². The third-order valence-electron chi connectivity index (χ3n) is 2.79. The lowest BCUT2D eigenvalue weighted by Crippen LogP contribution is -2.44. The molecule has 1 atom stereocenters. The van der Waals surface area contributed by atoms with Gasteiger partial charge in [-0.1, -0.05) is 6.58 Å². The smallest absolute Gasteiger partial charge is 0.409 e. The fraction of sp³-hybridized carbons (Fsp3) is 0.429. The number of carbonyl (C=O) groups excluding carboxylic acids is 1. The molecule has 0 radical (unpaired) electrons. The highest BCUT2D eigenvalue weighted by Crippen LogP contribution is 2.30. The summed E-state index contributed by atoms with van der Waals surface area (Å²) in [6, 6.07) is 3.72. The van der Waals surface area contributed by atoms with Crippen LogP contribution in [0, 0.1) is 0 Å². The Morgan fingerprint density at radius 1 is 1.47 bits per heavy atom. The average Bonchev–Trinajstić information content (AvgIpc) is 3.07. The SMILES string of the molecule is C=C(c1ccncc1)C1(NC(=O)OC(C)(C)C)CN1. The maximum atomic E-state index is 11.8. The van der Waals surface area contributed by atoms with Crippen LogP contribution in [-0.4, -0.2) is 28.9 Å². The fourth-order valence-electron chi connectivity index (χ4n) is 1.74. The van der Waals surface area contributed by atoms with Crippen LogP contribution in [0.15, 0.2) is 31.1 Å². The van der Waals surface area contributed by atoms with Gasteiger partial charge in [0.1, 0.15) is 11.3 Å². The van der Waals surface area contributed by atoms with E-state index in [2.05, 4.69) is 22.2 Å². The first-order valence-electron chi connectivity index (χ1n) is 6.18. The third kappa shape index (κ3) is 3.32. The number of hydrogen-bond acceptors (Lipinski definition) is 4. The lowest BCUT2D eigenvalue weighted by Gasteiger charge is -2.23. The number of ether oxygens (including phenoxy) is 1. The molecule has 2 heterocycles. The van der Waals surface area contributed by atoms with E-state index in [0.717, 1.165) is 11.1 Å². The van der Waals surface area contributed by atoms with E-state index < -0.39 is 17.4 Å². The standard InChI is InChI=1S/C14H19N3O2/c1-10(11-5-7-15-8-6-11)14(9-16-14)17-12(18)19-13(2,3)4/h5-8,16H,1,9H2,2-4H3,(H,17,18). The molecule has 0 aliphatic carbocycles. The Morgan fingerprint density at radius 3 is 2.53 bits per heavy atom. The zero-order valence-corrected chi connectivity index (χ0v) is 11.5. The van der Waals surface area contributed by atoms with Crippen LogP contribution in [0.2, 0.25) is 0 Å². The van der Waals surface area contributed by atoms with Crippen LogP contribution in [0.5, 0.6) is 0 Å². The fourth-order valence-corrected chi connectivity index (χ4v) is 1.74. The molecule has 1 saturated heterocycles. The van der Waals surface area contributed by atoms with Crippen molar-refractivity contribution in [2.75, 3.05) is 6.54 Å². The number of aromatic nitrogens is 1. The molecule has 1 unspecified atom stereocenters. The van der Waals surface area contributed by atoms with Gasteiger partial charge in [-0.2, -0.15) is 0 Å². The topological polar surface area (TPSA) is 73.2 Å². The summed E-state index contributed by atoms with van der Waals surface area (Å²) < 4.78 is 5.26. The number of amides is 1. The first-order chi connectivity index (χ1) is 8.82. The molecule has 1 aliphatic rings. The van der Waals surface area contributed by atoms with Crippen LogP contribution >= 0.6 is 0 Å². The number of alkyl carbamates (subject to hydrolysis) is 1. The highest BCUT2D eigenvalue weighted by atomic mass is 16.6. The molecule has 2 N–H and O–H groups in total. The van der Waals surface area contributed by atoms with E-state index in [4.69, 9.17) is 4.74 Å². The van der Waals surface area contributed by atoms with Gasteiger partial charge >= 0.3 is 6.09 Å². The predicted molar refractivity (Wildman–Crippen MR) is 73.4 cm³/mol. The minimum absolute atomic E-state index is 0.451. The zero-order valence-electron chi connectivity index (χ0n) is 11.5. The van der Waals surface area contributed by atoms with E-state index in [0.29, 0.717) is 6.54 Å². The summed E-state index contributed by atoms with van der Waals surface area (Å²) in [4.78, 5) is 15.8. The van der Waals surface area contributed by atoms with Crippen molar-refractivity contribution < 1.29 is 9.53 Å². The molecule has 1 aromatic rings. The first kappa shape index (κ1) is 13.5. The molecule has 102 valence electrons. The van der Waals surface area contributed by atoms with Gasteiger partial charge in [0, 0.05) is 18.9 Å². The quantitative estimate of drug-likeness (QED) is 0.815. The molecule has 1 aromatic heterocycles. The number of pyridine rings is 1. The molecule has 19 heavy (non-hydrogen) atoms. The normalized spacial score (nSPS) is 21.6.